The van der Waals surface area contributed by atoms with Crippen molar-refractivity contribution >= 4 is 18.2 Å². The first kappa shape index (κ1) is 19.9. The molecule has 1 N–H and O–H groups in total. The predicted octanol–water partition coefficient (Wildman–Crippen LogP) is 4.02. The number of benzene rings is 2. The first-order valence-electron chi connectivity index (χ1n) is 11.0. The summed E-state index contributed by atoms with van der Waals surface area (Å²) in [6.45, 7) is 1.67. The highest BCUT2D eigenvalue weighted by atomic mass is 35.5. The molecule has 4 nitrogen and oxygen atoms in total. The maximum atomic E-state index is 12.8. The second-order valence-electron chi connectivity index (χ2n) is 9.02. The molecule has 4 atom stereocenters. The molecule has 0 unspecified atom stereocenters. The fraction of sp³-hybridized carbons (Fsp3) is 0.480. The average molecular weight is 426 g/mol. The quantitative estimate of drug-likeness (QED) is 0.735. The van der Waals surface area contributed by atoms with Crippen molar-refractivity contribution in [3.8, 4) is 11.5 Å². The van der Waals surface area contributed by atoms with E-state index in [-0.39, 0.29) is 29.7 Å². The zero-order chi connectivity index (χ0) is 19.4. The maximum Gasteiger partial charge on any atom is 0.174 e. The number of hydrogen-bond donors (Lipinski definition) is 1. The summed E-state index contributed by atoms with van der Waals surface area (Å²) >= 11 is 0. The number of rotatable bonds is 5. The fourth-order valence-corrected chi connectivity index (χ4v) is 6.48. The summed E-state index contributed by atoms with van der Waals surface area (Å²) in [6, 6.07) is 15.1. The van der Waals surface area contributed by atoms with E-state index in [0.717, 1.165) is 50.1 Å². The van der Waals surface area contributed by atoms with Crippen LogP contribution in [0.2, 0.25) is 0 Å². The molecule has 2 bridgehead atoms. The average Bonchev–Trinajstić information content (AvgIpc) is 3.07. The standard InChI is InChI=1S/C25H27NO3.ClH/c27-20-9-8-18-19-15-17-21(28-14-4-7-16-5-2-1-3-6-16)10-11-22-23(17)25(18,12-13-26-19)24(20)29-22;/h1-3,5-6,10-11,18-19,24,26H,4,7-9,12-15H2;1H/t18-,19+,24-,25-;/m0./s1. The SMILES string of the molecule is Cl.O=C1CC[C@H]2[C@H]3Cc4c(OCCCc5ccccc5)ccc5c4[C@@]2(CCN3)[C@H]1O5. The molecule has 2 aromatic carbocycles. The normalized spacial score (nSPS) is 30.1. The van der Waals surface area contributed by atoms with Crippen LogP contribution in [0.1, 0.15) is 42.4 Å². The number of piperidine rings is 1. The minimum atomic E-state index is -0.284. The third-order valence-corrected chi connectivity index (χ3v) is 7.63. The zero-order valence-electron chi connectivity index (χ0n) is 17.1. The summed E-state index contributed by atoms with van der Waals surface area (Å²) in [5.74, 6) is 2.71. The summed E-state index contributed by atoms with van der Waals surface area (Å²) in [4.78, 5) is 12.8. The van der Waals surface area contributed by atoms with Gasteiger partial charge in [-0.1, -0.05) is 30.3 Å². The van der Waals surface area contributed by atoms with Crippen LogP contribution in [0.4, 0.5) is 0 Å². The Hall–Kier alpha value is -2.04. The second kappa shape index (κ2) is 7.58. The zero-order valence-corrected chi connectivity index (χ0v) is 17.9. The van der Waals surface area contributed by atoms with E-state index in [4.69, 9.17) is 9.47 Å². The Labute approximate surface area is 183 Å². The van der Waals surface area contributed by atoms with Gasteiger partial charge in [-0.3, -0.25) is 4.79 Å². The smallest absolute Gasteiger partial charge is 0.174 e. The van der Waals surface area contributed by atoms with Crippen LogP contribution < -0.4 is 14.8 Å². The molecule has 0 aromatic heterocycles. The molecule has 0 radical (unpaired) electrons. The first-order chi connectivity index (χ1) is 14.3. The van der Waals surface area contributed by atoms with Crippen LogP contribution in [-0.4, -0.2) is 31.1 Å². The van der Waals surface area contributed by atoms with Gasteiger partial charge in [-0.25, -0.2) is 0 Å². The third-order valence-electron chi connectivity index (χ3n) is 7.63. The Morgan fingerprint density at radius 2 is 2.03 bits per heavy atom. The van der Waals surface area contributed by atoms with Gasteiger partial charge >= 0.3 is 0 Å². The van der Waals surface area contributed by atoms with Gasteiger partial charge in [-0.2, -0.15) is 0 Å². The number of ether oxygens (including phenoxy) is 2. The van der Waals surface area contributed by atoms with Crippen molar-refractivity contribution in [2.75, 3.05) is 13.2 Å². The lowest BCUT2D eigenvalue weighted by Crippen LogP contribution is -2.65. The summed E-state index contributed by atoms with van der Waals surface area (Å²) in [7, 11) is 0. The van der Waals surface area contributed by atoms with Gasteiger partial charge in [0.15, 0.2) is 11.9 Å². The van der Waals surface area contributed by atoms with Crippen LogP contribution in [0.5, 0.6) is 11.5 Å². The van der Waals surface area contributed by atoms with E-state index in [2.05, 4.69) is 41.7 Å². The highest BCUT2D eigenvalue weighted by Crippen LogP contribution is 2.61. The lowest BCUT2D eigenvalue weighted by atomic mass is 9.52. The summed E-state index contributed by atoms with van der Waals surface area (Å²) < 4.78 is 12.6. The monoisotopic (exact) mass is 425 g/mol. The molecule has 2 fully saturated rings. The van der Waals surface area contributed by atoms with Crippen LogP contribution in [0, 0.1) is 5.92 Å². The molecular formula is C25H28ClNO3. The topological polar surface area (TPSA) is 47.6 Å². The van der Waals surface area contributed by atoms with Crippen LogP contribution in [-0.2, 0) is 23.1 Å². The number of hydrogen-bond acceptors (Lipinski definition) is 4. The number of Topliss-reactive ketones (excluding diaryl/α,β-unsaturated/α-hetero) is 1. The number of aryl methyl sites for hydroxylation is 1. The molecule has 1 spiro atoms. The second-order valence-corrected chi connectivity index (χ2v) is 9.02. The van der Waals surface area contributed by atoms with Crippen molar-refractivity contribution in [1.82, 2.24) is 5.32 Å². The van der Waals surface area contributed by atoms with Crippen LogP contribution in [0.15, 0.2) is 42.5 Å². The molecule has 1 saturated heterocycles. The summed E-state index contributed by atoms with van der Waals surface area (Å²) in [5, 5.41) is 3.74. The van der Waals surface area contributed by atoms with Crippen molar-refractivity contribution in [2.45, 2.75) is 56.1 Å². The van der Waals surface area contributed by atoms with E-state index in [9.17, 15) is 4.79 Å². The molecule has 2 heterocycles. The molecule has 158 valence electrons. The molecule has 30 heavy (non-hydrogen) atoms. The van der Waals surface area contributed by atoms with E-state index < -0.39 is 0 Å². The Morgan fingerprint density at radius 1 is 1.17 bits per heavy atom. The van der Waals surface area contributed by atoms with Gasteiger partial charge in [0.2, 0.25) is 0 Å². The number of halogens is 1. The molecule has 2 aromatic rings. The molecule has 5 heteroatoms. The lowest BCUT2D eigenvalue weighted by Gasteiger charge is -2.54. The Balaban J connectivity index is 0.00000193. The van der Waals surface area contributed by atoms with E-state index >= 15 is 0 Å². The van der Waals surface area contributed by atoms with Crippen molar-refractivity contribution < 1.29 is 14.3 Å². The van der Waals surface area contributed by atoms with Gasteiger partial charge in [-0.05, 0) is 62.3 Å². The van der Waals surface area contributed by atoms with Crippen molar-refractivity contribution in [1.29, 1.82) is 0 Å². The van der Waals surface area contributed by atoms with E-state index in [0.29, 0.717) is 25.0 Å². The predicted molar refractivity (Wildman–Crippen MR) is 118 cm³/mol. The molecule has 0 amide bonds. The number of carbonyl (C=O) groups is 1. The van der Waals surface area contributed by atoms with E-state index in [1.165, 1.54) is 16.7 Å². The molecule has 1 saturated carbocycles. The van der Waals surface area contributed by atoms with Crippen molar-refractivity contribution in [2.24, 2.45) is 5.92 Å². The Morgan fingerprint density at radius 3 is 2.90 bits per heavy atom. The Bertz CT molecular complexity index is 962. The first-order valence-corrected chi connectivity index (χ1v) is 11.0. The Kier molecular flexibility index (Phi) is 5.03. The van der Waals surface area contributed by atoms with Crippen LogP contribution >= 0.6 is 12.4 Å². The third kappa shape index (κ3) is 2.80. The lowest BCUT2D eigenvalue weighted by molar-refractivity contribution is -0.135. The van der Waals surface area contributed by atoms with Gasteiger partial charge in [0.05, 0.1) is 6.61 Å². The van der Waals surface area contributed by atoms with Gasteiger partial charge in [0, 0.05) is 29.0 Å². The maximum absolute atomic E-state index is 12.8. The van der Waals surface area contributed by atoms with E-state index in [1.807, 2.05) is 6.07 Å². The molecule has 4 aliphatic rings. The number of nitrogens with one attached hydrogen (secondary N) is 1. The number of carbonyl (C=O) groups excluding carboxylic acids is 1. The fourth-order valence-electron chi connectivity index (χ4n) is 6.48. The van der Waals surface area contributed by atoms with Gasteiger partial charge in [0.25, 0.3) is 0 Å². The highest BCUT2D eigenvalue weighted by molar-refractivity contribution is 5.89. The van der Waals surface area contributed by atoms with Crippen molar-refractivity contribution in [3.63, 3.8) is 0 Å². The number of ketones is 1. The largest absolute Gasteiger partial charge is 0.493 e. The van der Waals surface area contributed by atoms with Gasteiger partial charge in [0.1, 0.15) is 11.5 Å². The molecule has 2 aliphatic carbocycles. The highest BCUT2D eigenvalue weighted by Gasteiger charge is 2.64. The van der Waals surface area contributed by atoms with Crippen LogP contribution in [0.25, 0.3) is 0 Å². The van der Waals surface area contributed by atoms with Gasteiger partial charge in [-0.15, -0.1) is 12.4 Å². The summed E-state index contributed by atoms with van der Waals surface area (Å²) in [6.07, 6.45) is 5.34. The molecule has 6 rings (SSSR count). The summed E-state index contributed by atoms with van der Waals surface area (Å²) in [5.41, 5.74) is 3.81. The molecular weight excluding hydrogens is 398 g/mol. The van der Waals surface area contributed by atoms with E-state index in [1.54, 1.807) is 0 Å². The van der Waals surface area contributed by atoms with Gasteiger partial charge < -0.3 is 14.8 Å². The molecule has 2 aliphatic heterocycles. The minimum absolute atomic E-state index is 0. The van der Waals surface area contributed by atoms with Crippen molar-refractivity contribution in [3.05, 3.63) is 59.2 Å². The van der Waals surface area contributed by atoms with Crippen LogP contribution in [0.3, 0.4) is 0 Å². The minimum Gasteiger partial charge on any atom is -0.493 e.